The molecule has 3 rings (SSSR count). The fourth-order valence-electron chi connectivity index (χ4n) is 3.76. The minimum Gasteiger partial charge on any atom is -0.380 e. The maximum atomic E-state index is 6.58. The highest BCUT2D eigenvalue weighted by Crippen LogP contribution is 2.47. The molecule has 0 radical (unpaired) electrons. The van der Waals surface area contributed by atoms with Crippen molar-refractivity contribution in [3.05, 3.63) is 35.9 Å². The van der Waals surface area contributed by atoms with E-state index in [0.29, 0.717) is 11.8 Å². The van der Waals surface area contributed by atoms with E-state index in [2.05, 4.69) is 56.0 Å². The molecule has 1 saturated carbocycles. The van der Waals surface area contributed by atoms with Gasteiger partial charge in [-0.1, -0.05) is 48.8 Å². The minimum atomic E-state index is -1.70. The van der Waals surface area contributed by atoms with Crippen molar-refractivity contribution in [1.82, 2.24) is 0 Å². The Labute approximate surface area is 134 Å². The molecule has 0 bridgehead atoms. The molecule has 4 heteroatoms. The lowest BCUT2D eigenvalue weighted by Crippen LogP contribution is -2.57. The molecule has 22 heavy (non-hydrogen) atoms. The van der Waals surface area contributed by atoms with Crippen molar-refractivity contribution >= 4 is 14.0 Å². The van der Waals surface area contributed by atoms with E-state index in [-0.39, 0.29) is 0 Å². The zero-order valence-corrected chi connectivity index (χ0v) is 15.1. The quantitative estimate of drug-likeness (QED) is 0.750. The molecule has 1 aromatic rings. The van der Waals surface area contributed by atoms with Crippen molar-refractivity contribution in [2.24, 2.45) is 17.0 Å². The molecule has 0 amide bonds. The van der Waals surface area contributed by atoms with Crippen molar-refractivity contribution in [3.63, 3.8) is 0 Å². The van der Waals surface area contributed by atoms with Gasteiger partial charge in [-0.25, -0.2) is 0 Å². The molecule has 0 saturated heterocycles. The predicted octanol–water partition coefficient (Wildman–Crippen LogP) is 4.80. The average Bonchev–Trinajstić information content (AvgIpc) is 2.47. The summed E-state index contributed by atoms with van der Waals surface area (Å²) in [4.78, 5) is 6.13. The van der Waals surface area contributed by atoms with Crippen LogP contribution in [-0.4, -0.2) is 19.8 Å². The van der Waals surface area contributed by atoms with Gasteiger partial charge in [-0.15, -0.1) is 0 Å². The van der Waals surface area contributed by atoms with E-state index in [1.165, 1.54) is 18.4 Å². The van der Waals surface area contributed by atoms with E-state index < -0.39 is 14.1 Å². The highest BCUT2D eigenvalue weighted by molar-refractivity contribution is 6.69. The molecule has 3 nitrogen and oxygen atoms in total. The standard InChI is InChI=1S/C18H27NO2Si/c1-14-9-8-12-16-13-17(15-10-6-5-7-11-15)19-20-18(14,16)21-22(2,3)4/h5-7,10-11,14,16H,8-9,12-13H2,1-4H3/t14-,16+,18-/m1/s1. The summed E-state index contributed by atoms with van der Waals surface area (Å²) in [5.74, 6) is 0.316. The Morgan fingerprint density at radius 3 is 2.59 bits per heavy atom. The first-order chi connectivity index (χ1) is 10.4. The summed E-state index contributed by atoms with van der Waals surface area (Å²) >= 11 is 0. The molecule has 1 fully saturated rings. The van der Waals surface area contributed by atoms with Gasteiger partial charge in [-0.2, -0.15) is 0 Å². The molecule has 0 spiro atoms. The number of hydrogen-bond donors (Lipinski definition) is 0. The van der Waals surface area contributed by atoms with Crippen LogP contribution >= 0.6 is 0 Å². The molecular weight excluding hydrogens is 290 g/mol. The fraction of sp³-hybridized carbons (Fsp3) is 0.611. The molecule has 1 aliphatic carbocycles. The largest absolute Gasteiger partial charge is 0.380 e. The summed E-state index contributed by atoms with van der Waals surface area (Å²) in [5.41, 5.74) is 2.23. The Kier molecular flexibility index (Phi) is 4.16. The van der Waals surface area contributed by atoms with Crippen LogP contribution in [0.15, 0.2) is 35.5 Å². The van der Waals surface area contributed by atoms with Gasteiger partial charge in [0.25, 0.3) is 0 Å². The molecular formula is C18H27NO2Si. The highest BCUT2D eigenvalue weighted by atomic mass is 28.4. The topological polar surface area (TPSA) is 30.8 Å². The van der Waals surface area contributed by atoms with Crippen molar-refractivity contribution in [2.45, 2.75) is 58.0 Å². The molecule has 3 atom stereocenters. The first-order valence-corrected chi connectivity index (χ1v) is 11.8. The van der Waals surface area contributed by atoms with Crippen LogP contribution in [0.4, 0.5) is 0 Å². The Balaban J connectivity index is 1.92. The Bertz CT molecular complexity index is 552. The summed E-state index contributed by atoms with van der Waals surface area (Å²) in [7, 11) is -1.70. The van der Waals surface area contributed by atoms with Crippen molar-refractivity contribution < 1.29 is 9.26 Å². The van der Waals surface area contributed by atoms with E-state index in [0.717, 1.165) is 18.6 Å². The number of hydrogen-bond acceptors (Lipinski definition) is 3. The number of nitrogens with zero attached hydrogens (tertiary/aromatic N) is 1. The van der Waals surface area contributed by atoms with E-state index in [1.807, 2.05) is 6.07 Å². The van der Waals surface area contributed by atoms with Crippen LogP contribution < -0.4 is 0 Å². The van der Waals surface area contributed by atoms with E-state index in [1.54, 1.807) is 0 Å². The van der Waals surface area contributed by atoms with Gasteiger partial charge in [0.2, 0.25) is 5.79 Å². The average molecular weight is 318 g/mol. The number of oxime groups is 1. The third-order valence-corrected chi connectivity index (χ3v) is 5.69. The highest BCUT2D eigenvalue weighted by Gasteiger charge is 2.53. The van der Waals surface area contributed by atoms with Gasteiger partial charge < -0.3 is 9.26 Å². The van der Waals surface area contributed by atoms with Crippen molar-refractivity contribution in [1.29, 1.82) is 0 Å². The molecule has 1 aromatic carbocycles. The first-order valence-electron chi connectivity index (χ1n) is 8.41. The van der Waals surface area contributed by atoms with Gasteiger partial charge in [0.05, 0.1) is 5.71 Å². The van der Waals surface area contributed by atoms with E-state index in [4.69, 9.17) is 9.26 Å². The molecule has 0 aromatic heterocycles. The number of fused-ring (bicyclic) bond motifs is 1. The Morgan fingerprint density at radius 2 is 1.91 bits per heavy atom. The normalized spacial score (nSPS) is 31.9. The smallest absolute Gasteiger partial charge is 0.233 e. The number of rotatable bonds is 3. The summed E-state index contributed by atoms with van der Waals surface area (Å²) in [6.07, 6.45) is 4.55. The number of benzene rings is 1. The third-order valence-electron chi connectivity index (χ3n) is 4.76. The second-order valence-corrected chi connectivity index (χ2v) is 12.1. The van der Waals surface area contributed by atoms with Gasteiger partial charge in [0, 0.05) is 18.3 Å². The van der Waals surface area contributed by atoms with Crippen LogP contribution in [0, 0.1) is 11.8 Å². The van der Waals surface area contributed by atoms with E-state index >= 15 is 0 Å². The summed E-state index contributed by atoms with van der Waals surface area (Å²) in [6, 6.07) is 10.4. The second-order valence-electron chi connectivity index (χ2n) is 7.66. The second kappa shape index (κ2) is 5.82. The zero-order valence-electron chi connectivity index (χ0n) is 14.1. The lowest BCUT2D eigenvalue weighted by atomic mass is 9.73. The lowest BCUT2D eigenvalue weighted by molar-refractivity contribution is -0.271. The SMILES string of the molecule is C[C@@H]1CCC[C@H]2CC(c3ccccc3)=NO[C@]21O[Si](C)(C)C. The van der Waals surface area contributed by atoms with Crippen LogP contribution in [0.25, 0.3) is 0 Å². The molecule has 120 valence electrons. The van der Waals surface area contributed by atoms with Crippen LogP contribution in [0.2, 0.25) is 19.6 Å². The van der Waals surface area contributed by atoms with Crippen molar-refractivity contribution in [3.8, 4) is 0 Å². The fourth-order valence-corrected chi connectivity index (χ4v) is 5.13. The van der Waals surface area contributed by atoms with Gasteiger partial charge in [0.15, 0.2) is 8.32 Å². The molecule has 1 aliphatic heterocycles. The lowest BCUT2D eigenvalue weighted by Gasteiger charge is -2.50. The summed E-state index contributed by atoms with van der Waals surface area (Å²) in [6.45, 7) is 8.97. The van der Waals surface area contributed by atoms with Crippen molar-refractivity contribution in [2.75, 3.05) is 0 Å². The molecule has 0 N–H and O–H groups in total. The van der Waals surface area contributed by atoms with Gasteiger partial charge in [-0.05, 0) is 38.0 Å². The molecule has 1 heterocycles. The Morgan fingerprint density at radius 1 is 1.18 bits per heavy atom. The third kappa shape index (κ3) is 2.99. The zero-order chi connectivity index (χ0) is 15.8. The molecule has 2 aliphatic rings. The maximum absolute atomic E-state index is 6.58. The maximum Gasteiger partial charge on any atom is 0.233 e. The van der Waals surface area contributed by atoms with Gasteiger partial charge in [0.1, 0.15) is 0 Å². The van der Waals surface area contributed by atoms with Crippen LogP contribution in [0.5, 0.6) is 0 Å². The summed E-state index contributed by atoms with van der Waals surface area (Å²) in [5, 5.41) is 4.50. The monoisotopic (exact) mass is 317 g/mol. The predicted molar refractivity (Wildman–Crippen MR) is 92.3 cm³/mol. The molecule has 0 unspecified atom stereocenters. The van der Waals surface area contributed by atoms with Crippen LogP contribution in [0.3, 0.4) is 0 Å². The van der Waals surface area contributed by atoms with Crippen LogP contribution in [-0.2, 0) is 9.26 Å². The van der Waals surface area contributed by atoms with Gasteiger partial charge >= 0.3 is 0 Å². The van der Waals surface area contributed by atoms with Crippen LogP contribution in [0.1, 0.15) is 38.2 Å². The van der Waals surface area contributed by atoms with Gasteiger partial charge in [-0.3, -0.25) is 0 Å². The van der Waals surface area contributed by atoms with E-state index in [9.17, 15) is 0 Å². The Hall–Kier alpha value is -1.13. The minimum absolute atomic E-state index is 0.402. The first kappa shape index (κ1) is 15.8. The summed E-state index contributed by atoms with van der Waals surface area (Å²) < 4.78 is 6.58.